The lowest BCUT2D eigenvalue weighted by Gasteiger charge is -2.16. The molecule has 1 saturated heterocycles. The number of amides is 2. The van der Waals surface area contributed by atoms with Crippen molar-refractivity contribution in [2.75, 3.05) is 16.8 Å². The van der Waals surface area contributed by atoms with Crippen molar-refractivity contribution in [2.24, 2.45) is 4.40 Å². The summed E-state index contributed by atoms with van der Waals surface area (Å²) >= 11 is 2.02. The molecule has 1 N–H and O–H groups in total. The molecule has 0 aliphatic carbocycles. The number of nitrogens with one attached hydrogen (secondary N) is 1. The maximum Gasteiger partial charge on any atom is 0.294 e. The smallest absolute Gasteiger partial charge is 0.294 e. The molecule has 0 saturated carbocycles. The topological polar surface area (TPSA) is 105 Å². The molecule has 0 bridgehead atoms. The lowest BCUT2D eigenvalue weighted by atomic mass is 10.2. The van der Waals surface area contributed by atoms with E-state index in [0.717, 1.165) is 41.7 Å². The molecule has 200 valence electrons. The summed E-state index contributed by atoms with van der Waals surface area (Å²) in [7, 11) is -4.00. The summed E-state index contributed by atoms with van der Waals surface area (Å²) < 4.78 is 35.4. The lowest BCUT2D eigenvalue weighted by molar-refractivity contribution is -0.121. The van der Waals surface area contributed by atoms with Gasteiger partial charge in [0.2, 0.25) is 11.8 Å². The summed E-state index contributed by atoms with van der Waals surface area (Å²) in [6.07, 6.45) is 4.36. The monoisotopic (exact) mass is 571 g/mol. The Balaban J connectivity index is 1.43. The first-order chi connectivity index (χ1) is 18.4. The number of hydrogen-bond acceptors (Lipinski definition) is 7. The van der Waals surface area contributed by atoms with Crippen molar-refractivity contribution in [3.8, 4) is 5.75 Å². The molecule has 0 spiro atoms. The minimum Gasteiger partial charge on any atom is -0.494 e. The molecule has 1 aliphatic rings. The zero-order valence-corrected chi connectivity index (χ0v) is 23.4. The molecular formula is C27H29N3O5S3. The Hall–Kier alpha value is -3.15. The molecule has 1 unspecified atom stereocenters. The van der Waals surface area contributed by atoms with Crippen molar-refractivity contribution >= 4 is 61.5 Å². The van der Waals surface area contributed by atoms with E-state index in [4.69, 9.17) is 4.74 Å². The van der Waals surface area contributed by atoms with Crippen molar-refractivity contribution in [2.45, 2.75) is 48.5 Å². The zero-order valence-electron chi connectivity index (χ0n) is 20.9. The van der Waals surface area contributed by atoms with Crippen LogP contribution < -0.4 is 15.0 Å². The van der Waals surface area contributed by atoms with Crippen LogP contribution in [0.3, 0.4) is 0 Å². The van der Waals surface area contributed by atoms with Crippen LogP contribution in [0.1, 0.15) is 39.0 Å². The van der Waals surface area contributed by atoms with Gasteiger partial charge in [-0.15, -0.1) is 15.7 Å². The number of nitrogens with zero attached hydrogens (tertiary/aromatic N) is 2. The van der Waals surface area contributed by atoms with Gasteiger partial charge in [0.15, 0.2) is 5.17 Å². The predicted molar refractivity (Wildman–Crippen MR) is 154 cm³/mol. The van der Waals surface area contributed by atoms with Crippen molar-refractivity contribution in [3.05, 3.63) is 72.1 Å². The van der Waals surface area contributed by atoms with Crippen LogP contribution >= 0.6 is 23.1 Å². The number of thiophene rings is 1. The van der Waals surface area contributed by atoms with Crippen LogP contribution in [0.4, 0.5) is 11.4 Å². The van der Waals surface area contributed by atoms with Gasteiger partial charge >= 0.3 is 0 Å². The summed E-state index contributed by atoms with van der Waals surface area (Å²) in [5.41, 5.74) is 1.07. The average molecular weight is 572 g/mol. The van der Waals surface area contributed by atoms with Crippen LogP contribution in [0, 0.1) is 0 Å². The molecule has 38 heavy (non-hydrogen) atoms. The molecule has 3 aromatic rings. The molecule has 1 atom stereocenters. The summed E-state index contributed by atoms with van der Waals surface area (Å²) in [5.74, 6) is -0.0323. The Kier molecular flexibility index (Phi) is 9.59. The highest BCUT2D eigenvalue weighted by Gasteiger charge is 2.41. The molecule has 11 heteroatoms. The quantitative estimate of drug-likeness (QED) is 0.270. The summed E-state index contributed by atoms with van der Waals surface area (Å²) in [6, 6.07) is 18.9. The van der Waals surface area contributed by atoms with E-state index < -0.39 is 21.2 Å². The van der Waals surface area contributed by atoms with Crippen molar-refractivity contribution in [1.82, 2.24) is 0 Å². The van der Waals surface area contributed by atoms with Crippen molar-refractivity contribution in [1.29, 1.82) is 0 Å². The Labute approximate surface area is 231 Å². The van der Waals surface area contributed by atoms with E-state index in [0.29, 0.717) is 18.0 Å². The van der Waals surface area contributed by atoms with E-state index in [-0.39, 0.29) is 21.7 Å². The number of benzene rings is 2. The molecule has 0 radical (unpaired) electrons. The number of amidine groups is 1. The first-order valence-electron chi connectivity index (χ1n) is 12.3. The van der Waals surface area contributed by atoms with E-state index in [1.807, 2.05) is 0 Å². The van der Waals surface area contributed by atoms with Crippen LogP contribution in [0.5, 0.6) is 5.75 Å². The highest BCUT2D eigenvalue weighted by atomic mass is 32.2. The third-order valence-corrected chi connectivity index (χ3v) is 9.57. The second kappa shape index (κ2) is 13.1. The van der Waals surface area contributed by atoms with E-state index in [1.54, 1.807) is 66.0 Å². The highest BCUT2D eigenvalue weighted by Crippen LogP contribution is 2.35. The molecule has 2 heterocycles. The Bertz CT molecular complexity index is 1360. The number of unbranched alkanes of at least 4 members (excludes halogenated alkanes) is 3. The third kappa shape index (κ3) is 7.24. The normalized spacial score (nSPS) is 16.7. The minimum atomic E-state index is -4.00. The van der Waals surface area contributed by atoms with Gasteiger partial charge in [0, 0.05) is 12.1 Å². The van der Waals surface area contributed by atoms with Gasteiger partial charge in [-0.05, 0) is 54.3 Å². The standard InChI is InChI=1S/C27H29N3O5S3/c1-2-3-4-8-17-35-22-15-13-20(14-16-22)28-24(31)19-23-26(32)30(21-10-6-5-7-11-21)27(37-23)29-38(33,34)25-12-9-18-36-25/h5-7,9-16,18,23H,2-4,8,17,19H2,1H3,(H,28,31). The number of anilines is 2. The molecule has 2 amide bonds. The second-order valence-corrected chi connectivity index (χ2v) is 12.5. The van der Waals surface area contributed by atoms with Gasteiger partial charge in [-0.2, -0.15) is 8.42 Å². The van der Waals surface area contributed by atoms with E-state index in [9.17, 15) is 18.0 Å². The van der Waals surface area contributed by atoms with E-state index in [1.165, 1.54) is 23.8 Å². The summed E-state index contributed by atoms with van der Waals surface area (Å²) in [5, 5.41) is 3.65. The molecule has 4 rings (SSSR count). The van der Waals surface area contributed by atoms with Gasteiger partial charge in [0.05, 0.1) is 12.3 Å². The number of para-hydroxylation sites is 1. The number of hydrogen-bond donors (Lipinski definition) is 1. The first kappa shape index (κ1) is 27.9. The summed E-state index contributed by atoms with van der Waals surface area (Å²) in [6.45, 7) is 2.81. The second-order valence-electron chi connectivity index (χ2n) is 8.58. The maximum atomic E-state index is 13.3. The van der Waals surface area contributed by atoms with Crippen LogP contribution in [-0.4, -0.2) is 37.3 Å². The predicted octanol–water partition coefficient (Wildman–Crippen LogP) is 5.93. The average Bonchev–Trinajstić information content (AvgIpc) is 3.55. The van der Waals surface area contributed by atoms with Gasteiger partial charge < -0.3 is 10.1 Å². The minimum absolute atomic E-state index is 0.0211. The molecule has 2 aromatic carbocycles. The van der Waals surface area contributed by atoms with E-state index >= 15 is 0 Å². The van der Waals surface area contributed by atoms with Crippen LogP contribution in [-0.2, 0) is 19.6 Å². The van der Waals surface area contributed by atoms with Gasteiger partial charge in [-0.25, -0.2) is 0 Å². The number of carbonyl (C=O) groups is 2. The number of ether oxygens (including phenoxy) is 1. The number of rotatable bonds is 12. The number of carbonyl (C=O) groups excluding carboxylic acids is 2. The largest absolute Gasteiger partial charge is 0.494 e. The third-order valence-electron chi connectivity index (χ3n) is 5.67. The van der Waals surface area contributed by atoms with E-state index in [2.05, 4.69) is 16.6 Å². The first-order valence-corrected chi connectivity index (χ1v) is 15.5. The number of sulfonamides is 1. The van der Waals surface area contributed by atoms with Crippen LogP contribution in [0.15, 0.2) is 80.7 Å². The van der Waals surface area contributed by atoms with Gasteiger partial charge in [-0.1, -0.05) is 62.2 Å². The maximum absolute atomic E-state index is 13.3. The molecule has 1 aromatic heterocycles. The Morgan fingerprint density at radius 2 is 1.79 bits per heavy atom. The van der Waals surface area contributed by atoms with Crippen LogP contribution in [0.25, 0.3) is 0 Å². The highest BCUT2D eigenvalue weighted by molar-refractivity contribution is 8.16. The fourth-order valence-corrected chi connectivity index (χ4v) is 7.07. The van der Waals surface area contributed by atoms with Crippen LogP contribution in [0.2, 0.25) is 0 Å². The molecule has 1 fully saturated rings. The molecule has 8 nitrogen and oxygen atoms in total. The summed E-state index contributed by atoms with van der Waals surface area (Å²) in [4.78, 5) is 27.4. The zero-order chi connectivity index (χ0) is 27.0. The SMILES string of the molecule is CCCCCCOc1ccc(NC(=O)CC2SC(=NS(=O)(=O)c3cccs3)N(c3ccccc3)C2=O)cc1. The van der Waals surface area contributed by atoms with Gasteiger partial charge in [0.25, 0.3) is 10.0 Å². The van der Waals surface area contributed by atoms with Gasteiger partial charge in [0.1, 0.15) is 15.2 Å². The number of thioether (sulfide) groups is 1. The van der Waals surface area contributed by atoms with Crippen molar-refractivity contribution in [3.63, 3.8) is 0 Å². The fraction of sp³-hybridized carbons (Fsp3) is 0.296. The van der Waals surface area contributed by atoms with Gasteiger partial charge in [-0.3, -0.25) is 14.5 Å². The lowest BCUT2D eigenvalue weighted by Crippen LogP contribution is -2.33. The Morgan fingerprint density at radius 1 is 1.03 bits per heavy atom. The van der Waals surface area contributed by atoms with Crippen molar-refractivity contribution < 1.29 is 22.7 Å². The fourth-order valence-electron chi connectivity index (χ4n) is 3.77. The Morgan fingerprint density at radius 3 is 2.47 bits per heavy atom. The molecular weight excluding hydrogens is 543 g/mol. The molecule has 1 aliphatic heterocycles.